The molecule has 0 bridgehead atoms. The predicted octanol–water partition coefficient (Wildman–Crippen LogP) is 2.97. The van der Waals surface area contributed by atoms with Crippen LogP contribution in [0.4, 0.5) is 5.00 Å². The summed E-state index contributed by atoms with van der Waals surface area (Å²) in [6, 6.07) is 0. The first-order valence-electron chi connectivity index (χ1n) is 9.17. The molecule has 0 unspecified atom stereocenters. The van der Waals surface area contributed by atoms with E-state index in [0.717, 1.165) is 41.5 Å². The van der Waals surface area contributed by atoms with Crippen LogP contribution in [-0.2, 0) is 27.2 Å². The number of hydrogen-bond donors (Lipinski definition) is 2. The summed E-state index contributed by atoms with van der Waals surface area (Å²) in [5.74, 6) is -0.669. The number of fused-ring (bicyclic) bond motifs is 1. The van der Waals surface area contributed by atoms with E-state index in [2.05, 4.69) is 31.1 Å². The number of nitrogens with two attached hydrogens (primary N) is 1. The molecule has 1 aromatic heterocycles. The summed E-state index contributed by atoms with van der Waals surface area (Å²) in [5, 5.41) is 2.89. The van der Waals surface area contributed by atoms with Gasteiger partial charge in [-0.3, -0.25) is 9.59 Å². The number of methoxy groups -OCH3 is 1. The molecule has 152 valence electrons. The van der Waals surface area contributed by atoms with Gasteiger partial charge in [-0.25, -0.2) is 4.79 Å². The zero-order valence-corrected chi connectivity index (χ0v) is 18.1. The molecular weight excluding hydrogens is 398 g/mol. The average molecular weight is 424 g/mol. The molecule has 28 heavy (non-hydrogen) atoms. The van der Waals surface area contributed by atoms with Crippen molar-refractivity contribution in [2.75, 3.05) is 12.4 Å². The van der Waals surface area contributed by atoms with Crippen molar-refractivity contribution in [2.45, 2.75) is 51.7 Å². The van der Waals surface area contributed by atoms with Crippen molar-refractivity contribution in [3.63, 3.8) is 0 Å². The van der Waals surface area contributed by atoms with Crippen molar-refractivity contribution in [2.24, 2.45) is 22.1 Å². The van der Waals surface area contributed by atoms with Crippen molar-refractivity contribution in [1.82, 2.24) is 0 Å². The minimum Gasteiger partial charge on any atom is -0.465 e. The summed E-state index contributed by atoms with van der Waals surface area (Å²) < 4.78 is 4.96. The van der Waals surface area contributed by atoms with Gasteiger partial charge in [0.15, 0.2) is 5.17 Å². The number of rotatable bonds is 4. The van der Waals surface area contributed by atoms with E-state index >= 15 is 0 Å². The highest BCUT2D eigenvalue weighted by molar-refractivity contribution is 8.15. The number of carbonyl (C=O) groups is 3. The Morgan fingerprint density at radius 2 is 2.07 bits per heavy atom. The number of nitrogens with zero attached hydrogens (tertiary/aromatic N) is 1. The molecule has 2 aliphatic rings. The third-order valence-corrected chi connectivity index (χ3v) is 7.42. The fourth-order valence-corrected chi connectivity index (χ4v) is 5.76. The van der Waals surface area contributed by atoms with Gasteiger partial charge in [0.25, 0.3) is 5.91 Å². The lowest BCUT2D eigenvalue weighted by Crippen LogP contribution is -2.26. The molecule has 2 atom stereocenters. The molecule has 0 saturated carbocycles. The Balaban J connectivity index is 1.81. The molecule has 0 fully saturated rings. The summed E-state index contributed by atoms with van der Waals surface area (Å²) >= 11 is 2.52. The summed E-state index contributed by atoms with van der Waals surface area (Å²) in [5.41, 5.74) is 7.15. The van der Waals surface area contributed by atoms with Gasteiger partial charge in [0.1, 0.15) is 10.3 Å². The van der Waals surface area contributed by atoms with Crippen LogP contribution in [0.1, 0.15) is 54.4 Å². The largest absolute Gasteiger partial charge is 0.465 e. The lowest BCUT2D eigenvalue weighted by Gasteiger charge is -2.33. The van der Waals surface area contributed by atoms with Crippen molar-refractivity contribution < 1.29 is 19.1 Å². The van der Waals surface area contributed by atoms with Gasteiger partial charge in [-0.15, -0.1) is 11.3 Å². The highest BCUT2D eigenvalue weighted by atomic mass is 32.2. The zero-order chi connectivity index (χ0) is 20.6. The van der Waals surface area contributed by atoms with Crippen LogP contribution in [0, 0.1) is 11.3 Å². The number of thioether (sulfide) groups is 1. The third-order valence-electron chi connectivity index (χ3n) is 5.26. The maximum atomic E-state index is 12.5. The number of nitrogens with one attached hydrogen (secondary N) is 1. The Morgan fingerprint density at radius 1 is 1.36 bits per heavy atom. The van der Waals surface area contributed by atoms with Gasteiger partial charge in [-0.2, -0.15) is 4.99 Å². The van der Waals surface area contributed by atoms with E-state index in [-0.39, 0.29) is 22.9 Å². The maximum absolute atomic E-state index is 12.5. The second-order valence-corrected chi connectivity index (χ2v) is 10.5. The number of thiophene rings is 1. The van der Waals surface area contributed by atoms with E-state index < -0.39 is 17.1 Å². The number of anilines is 1. The van der Waals surface area contributed by atoms with Gasteiger partial charge in [0, 0.05) is 11.3 Å². The van der Waals surface area contributed by atoms with Crippen molar-refractivity contribution in [1.29, 1.82) is 0 Å². The van der Waals surface area contributed by atoms with Crippen molar-refractivity contribution in [3.05, 3.63) is 16.0 Å². The van der Waals surface area contributed by atoms with Crippen LogP contribution in [0.15, 0.2) is 4.99 Å². The number of carbonyl (C=O) groups excluding carboxylic acids is 3. The number of aliphatic imine (C=N–C) groups is 1. The quantitative estimate of drug-likeness (QED) is 0.720. The normalized spacial score (nSPS) is 21.9. The van der Waals surface area contributed by atoms with E-state index in [1.807, 2.05) is 0 Å². The van der Waals surface area contributed by atoms with E-state index in [4.69, 9.17) is 10.5 Å². The Morgan fingerprint density at radius 3 is 2.64 bits per heavy atom. The lowest BCUT2D eigenvalue weighted by molar-refractivity contribution is -0.121. The van der Waals surface area contributed by atoms with E-state index in [1.165, 1.54) is 18.4 Å². The zero-order valence-electron chi connectivity index (χ0n) is 16.5. The topological polar surface area (TPSA) is 111 Å². The minimum absolute atomic E-state index is 0.0402. The van der Waals surface area contributed by atoms with Crippen LogP contribution in [0.25, 0.3) is 0 Å². The van der Waals surface area contributed by atoms with Gasteiger partial charge in [0.2, 0.25) is 5.91 Å². The molecule has 9 heteroatoms. The molecule has 0 saturated heterocycles. The molecular formula is C19H25N3O4S2. The average Bonchev–Trinajstić information content (AvgIpc) is 3.11. The molecule has 0 radical (unpaired) electrons. The number of ether oxygens (including phenoxy) is 1. The number of hydrogen-bond acceptors (Lipinski definition) is 7. The summed E-state index contributed by atoms with van der Waals surface area (Å²) in [4.78, 5) is 41.4. The van der Waals surface area contributed by atoms with Gasteiger partial charge >= 0.3 is 5.97 Å². The fraction of sp³-hybridized carbons (Fsp3) is 0.579. The van der Waals surface area contributed by atoms with Crippen LogP contribution in [-0.4, -0.2) is 35.3 Å². The molecule has 3 N–H and O–H groups in total. The molecule has 2 heterocycles. The molecule has 3 rings (SSSR count). The third kappa shape index (κ3) is 4.25. The van der Waals surface area contributed by atoms with Gasteiger partial charge < -0.3 is 15.8 Å². The highest BCUT2D eigenvalue weighted by Gasteiger charge is 2.35. The summed E-state index contributed by atoms with van der Waals surface area (Å²) in [6.07, 6.45) is 2.62. The van der Waals surface area contributed by atoms with E-state index in [9.17, 15) is 14.4 Å². The summed E-state index contributed by atoms with van der Waals surface area (Å²) in [6.45, 7) is 6.68. The predicted molar refractivity (Wildman–Crippen MR) is 112 cm³/mol. The first kappa shape index (κ1) is 20.9. The van der Waals surface area contributed by atoms with Crippen LogP contribution in [0.5, 0.6) is 0 Å². The van der Waals surface area contributed by atoms with Crippen molar-refractivity contribution in [3.8, 4) is 0 Å². The Hall–Kier alpha value is -1.87. The lowest BCUT2D eigenvalue weighted by atomic mass is 9.72. The second-order valence-electron chi connectivity index (χ2n) is 8.15. The molecule has 1 aliphatic heterocycles. The fourth-order valence-electron chi connectivity index (χ4n) is 3.61. The van der Waals surface area contributed by atoms with E-state index in [0.29, 0.717) is 16.5 Å². The van der Waals surface area contributed by atoms with Gasteiger partial charge in [-0.1, -0.05) is 32.5 Å². The minimum atomic E-state index is -0.610. The number of amides is 2. The first-order chi connectivity index (χ1) is 13.1. The maximum Gasteiger partial charge on any atom is 0.341 e. The Labute approximate surface area is 172 Å². The summed E-state index contributed by atoms with van der Waals surface area (Å²) in [7, 11) is 1.34. The second kappa shape index (κ2) is 7.87. The van der Waals surface area contributed by atoms with E-state index in [1.54, 1.807) is 0 Å². The standard InChI is InChI=1S/C19H25N3O4S2/c1-19(2,3)9-5-6-10-11(7-9)27-16(14(10)17(25)26-4)21-13(23)8-12-15(24)22-18(20)28-12/h9,12H,5-8H2,1-4H3,(H,21,23)(H2,20,22,24)/t9-,12+/m1/s1. The Bertz CT molecular complexity index is 854. The van der Waals surface area contributed by atoms with Crippen LogP contribution in [0.2, 0.25) is 0 Å². The first-order valence-corrected chi connectivity index (χ1v) is 10.9. The molecule has 1 aliphatic carbocycles. The Kier molecular flexibility index (Phi) is 5.86. The molecule has 0 aromatic carbocycles. The molecule has 7 nitrogen and oxygen atoms in total. The highest BCUT2D eigenvalue weighted by Crippen LogP contribution is 2.44. The van der Waals surface area contributed by atoms with Crippen LogP contribution in [0.3, 0.4) is 0 Å². The molecule has 2 amide bonds. The van der Waals surface area contributed by atoms with Gasteiger partial charge in [0.05, 0.1) is 12.7 Å². The smallest absolute Gasteiger partial charge is 0.341 e. The van der Waals surface area contributed by atoms with Crippen molar-refractivity contribution >= 4 is 51.1 Å². The SMILES string of the molecule is COC(=O)c1c(NC(=O)C[C@@H]2SC(N)=NC2=O)sc2c1CC[C@@H](C(C)(C)C)C2. The number of esters is 1. The number of amidine groups is 1. The van der Waals surface area contributed by atoms with Gasteiger partial charge in [-0.05, 0) is 36.2 Å². The van der Waals surface area contributed by atoms with Crippen LogP contribution < -0.4 is 11.1 Å². The molecule has 0 spiro atoms. The van der Waals surface area contributed by atoms with Crippen LogP contribution >= 0.6 is 23.1 Å². The monoisotopic (exact) mass is 423 g/mol. The molecule has 1 aromatic rings.